The first-order valence-electron chi connectivity index (χ1n) is 5.10. The Morgan fingerprint density at radius 2 is 2.00 bits per heavy atom. The maximum Gasteiger partial charge on any atom is 0.339 e. The molecule has 0 aliphatic heterocycles. The van der Waals surface area contributed by atoms with Crippen molar-refractivity contribution in [2.45, 2.75) is 0 Å². The monoisotopic (exact) mass is 341 g/mol. The van der Waals surface area contributed by atoms with Crippen LogP contribution in [0.15, 0.2) is 34.1 Å². The molecule has 0 saturated carbocycles. The molecule has 98 valence electrons. The van der Waals surface area contributed by atoms with Gasteiger partial charge in [0.2, 0.25) is 0 Å². The van der Waals surface area contributed by atoms with Crippen molar-refractivity contribution in [1.82, 2.24) is 0 Å². The number of para-hydroxylation sites is 1. The Kier molecular flexibility index (Phi) is 3.87. The van der Waals surface area contributed by atoms with E-state index in [0.717, 1.165) is 0 Å². The molecular weight excluding hydrogens is 334 g/mol. The molecule has 3 N–H and O–H groups in total. The molecule has 2 rings (SSSR count). The number of rotatable bonds is 3. The SMILES string of the molecule is O=C(O)c1cccc(NC(=O)c2sccc2Br)c1O. The predicted octanol–water partition coefficient (Wildman–Crippen LogP) is 3.17. The number of hydrogen-bond acceptors (Lipinski definition) is 4. The largest absolute Gasteiger partial charge is 0.505 e. The van der Waals surface area contributed by atoms with Crippen molar-refractivity contribution in [2.24, 2.45) is 0 Å². The standard InChI is InChI=1S/C12H8BrNO4S/c13-7-4-5-19-10(7)11(16)14-8-3-1-2-6(9(8)15)12(17)18/h1-5,15H,(H,14,16)(H,17,18). The molecule has 0 atom stereocenters. The molecule has 7 heteroatoms. The van der Waals surface area contributed by atoms with Gasteiger partial charge in [0.05, 0.1) is 5.69 Å². The fourth-order valence-corrected chi connectivity index (χ4v) is 2.90. The van der Waals surface area contributed by atoms with E-state index in [2.05, 4.69) is 21.2 Å². The zero-order valence-corrected chi connectivity index (χ0v) is 11.8. The fraction of sp³-hybridized carbons (Fsp3) is 0. The average molecular weight is 342 g/mol. The molecule has 19 heavy (non-hydrogen) atoms. The van der Waals surface area contributed by atoms with E-state index in [0.29, 0.717) is 9.35 Å². The van der Waals surface area contributed by atoms with E-state index in [1.165, 1.54) is 29.5 Å². The first-order chi connectivity index (χ1) is 9.00. The molecule has 0 radical (unpaired) electrons. The van der Waals surface area contributed by atoms with Crippen LogP contribution in [0.1, 0.15) is 20.0 Å². The third-order valence-corrected chi connectivity index (χ3v) is 4.17. The number of carbonyl (C=O) groups is 2. The number of aromatic carboxylic acids is 1. The van der Waals surface area contributed by atoms with Crippen molar-refractivity contribution in [3.05, 3.63) is 44.6 Å². The summed E-state index contributed by atoms with van der Waals surface area (Å²) in [4.78, 5) is 23.2. The summed E-state index contributed by atoms with van der Waals surface area (Å²) in [5, 5.41) is 22.9. The van der Waals surface area contributed by atoms with E-state index in [9.17, 15) is 14.7 Å². The second-order valence-electron chi connectivity index (χ2n) is 3.56. The Bertz CT molecular complexity index is 653. The van der Waals surface area contributed by atoms with E-state index in [1.54, 1.807) is 11.4 Å². The lowest BCUT2D eigenvalue weighted by atomic mass is 10.1. The fourth-order valence-electron chi connectivity index (χ4n) is 1.45. The molecule has 1 heterocycles. The van der Waals surface area contributed by atoms with Gasteiger partial charge < -0.3 is 15.5 Å². The Morgan fingerprint density at radius 3 is 2.58 bits per heavy atom. The minimum absolute atomic E-state index is 0.0604. The van der Waals surface area contributed by atoms with Gasteiger partial charge in [0.25, 0.3) is 5.91 Å². The smallest absolute Gasteiger partial charge is 0.339 e. The molecule has 1 amide bonds. The summed E-state index contributed by atoms with van der Waals surface area (Å²) in [6.07, 6.45) is 0. The van der Waals surface area contributed by atoms with Crippen molar-refractivity contribution < 1.29 is 19.8 Å². The van der Waals surface area contributed by atoms with Crippen molar-refractivity contribution in [3.63, 3.8) is 0 Å². The zero-order valence-electron chi connectivity index (χ0n) is 9.38. The normalized spacial score (nSPS) is 10.2. The lowest BCUT2D eigenvalue weighted by molar-refractivity contribution is 0.0693. The Morgan fingerprint density at radius 1 is 1.26 bits per heavy atom. The van der Waals surface area contributed by atoms with Crippen LogP contribution in [0.3, 0.4) is 0 Å². The molecule has 0 bridgehead atoms. The summed E-state index contributed by atoms with van der Waals surface area (Å²) in [6.45, 7) is 0. The number of carboxylic acids is 1. The summed E-state index contributed by atoms with van der Waals surface area (Å²) in [5.74, 6) is -2.14. The number of thiophene rings is 1. The van der Waals surface area contributed by atoms with Crippen LogP contribution in [0.5, 0.6) is 5.75 Å². The molecule has 0 unspecified atom stereocenters. The molecule has 1 aromatic heterocycles. The Balaban J connectivity index is 2.30. The molecule has 0 spiro atoms. The van der Waals surface area contributed by atoms with E-state index >= 15 is 0 Å². The van der Waals surface area contributed by atoms with E-state index in [-0.39, 0.29) is 11.3 Å². The van der Waals surface area contributed by atoms with Gasteiger partial charge in [-0.05, 0) is 39.5 Å². The topological polar surface area (TPSA) is 86.6 Å². The summed E-state index contributed by atoms with van der Waals surface area (Å²) < 4.78 is 0.642. The van der Waals surface area contributed by atoms with Crippen LogP contribution in [0.4, 0.5) is 5.69 Å². The number of anilines is 1. The maximum absolute atomic E-state index is 11.9. The van der Waals surface area contributed by atoms with Crippen LogP contribution in [0.2, 0.25) is 0 Å². The third-order valence-electron chi connectivity index (χ3n) is 2.34. The lowest BCUT2D eigenvalue weighted by Crippen LogP contribution is -2.11. The minimum Gasteiger partial charge on any atom is -0.505 e. The number of benzene rings is 1. The van der Waals surface area contributed by atoms with Gasteiger partial charge in [-0.25, -0.2) is 4.79 Å². The number of nitrogens with one attached hydrogen (secondary N) is 1. The van der Waals surface area contributed by atoms with Crippen LogP contribution in [0, 0.1) is 0 Å². The molecule has 5 nitrogen and oxygen atoms in total. The highest BCUT2D eigenvalue weighted by atomic mass is 79.9. The quantitative estimate of drug-likeness (QED) is 0.748. The molecule has 1 aromatic carbocycles. The second kappa shape index (κ2) is 5.41. The van der Waals surface area contributed by atoms with Crippen molar-refractivity contribution >= 4 is 44.8 Å². The highest BCUT2D eigenvalue weighted by molar-refractivity contribution is 9.10. The molecule has 2 aromatic rings. The minimum atomic E-state index is -1.26. The number of amides is 1. The van der Waals surface area contributed by atoms with Crippen LogP contribution < -0.4 is 5.32 Å². The van der Waals surface area contributed by atoms with Crippen LogP contribution >= 0.6 is 27.3 Å². The summed E-state index contributed by atoms with van der Waals surface area (Å²) in [6, 6.07) is 5.87. The molecular formula is C12H8BrNO4S. The van der Waals surface area contributed by atoms with Crippen molar-refractivity contribution in [3.8, 4) is 5.75 Å². The Labute approximate surface area is 120 Å². The van der Waals surface area contributed by atoms with Gasteiger partial charge in [-0.3, -0.25) is 4.79 Å². The van der Waals surface area contributed by atoms with Gasteiger partial charge in [0.15, 0.2) is 5.75 Å². The van der Waals surface area contributed by atoms with E-state index < -0.39 is 17.6 Å². The maximum atomic E-state index is 11.9. The van der Waals surface area contributed by atoms with E-state index in [4.69, 9.17) is 5.11 Å². The number of halogens is 1. The number of phenols is 1. The van der Waals surface area contributed by atoms with Gasteiger partial charge in [-0.15, -0.1) is 11.3 Å². The van der Waals surface area contributed by atoms with Gasteiger partial charge in [0.1, 0.15) is 10.4 Å². The molecule has 0 saturated heterocycles. The van der Waals surface area contributed by atoms with Gasteiger partial charge in [-0.1, -0.05) is 6.07 Å². The molecule has 0 aliphatic rings. The highest BCUT2D eigenvalue weighted by Crippen LogP contribution is 2.29. The summed E-state index contributed by atoms with van der Waals surface area (Å²) in [7, 11) is 0. The van der Waals surface area contributed by atoms with Crippen LogP contribution in [-0.4, -0.2) is 22.1 Å². The van der Waals surface area contributed by atoms with Crippen LogP contribution in [0.25, 0.3) is 0 Å². The number of aromatic hydroxyl groups is 1. The average Bonchev–Trinajstić information content (AvgIpc) is 2.77. The number of hydrogen-bond donors (Lipinski definition) is 3. The van der Waals surface area contributed by atoms with Gasteiger partial charge in [-0.2, -0.15) is 0 Å². The van der Waals surface area contributed by atoms with Gasteiger partial charge in [0, 0.05) is 4.47 Å². The van der Waals surface area contributed by atoms with Crippen molar-refractivity contribution in [1.29, 1.82) is 0 Å². The van der Waals surface area contributed by atoms with Crippen LogP contribution in [-0.2, 0) is 0 Å². The lowest BCUT2D eigenvalue weighted by Gasteiger charge is -2.08. The first kappa shape index (κ1) is 13.6. The number of carboxylic acid groups (broad SMARTS) is 1. The number of carbonyl (C=O) groups excluding carboxylic acids is 1. The summed E-state index contributed by atoms with van der Waals surface area (Å²) >= 11 is 4.47. The molecule has 0 aliphatic carbocycles. The van der Waals surface area contributed by atoms with Crippen molar-refractivity contribution in [2.75, 3.05) is 5.32 Å². The summed E-state index contributed by atoms with van der Waals surface area (Å²) in [5.41, 5.74) is -0.201. The Hall–Kier alpha value is -1.86. The van der Waals surface area contributed by atoms with Gasteiger partial charge >= 0.3 is 5.97 Å². The highest BCUT2D eigenvalue weighted by Gasteiger charge is 2.17. The third kappa shape index (κ3) is 2.77. The first-order valence-corrected chi connectivity index (χ1v) is 6.77. The molecule has 0 fully saturated rings. The van der Waals surface area contributed by atoms with E-state index in [1.807, 2.05) is 0 Å². The zero-order chi connectivity index (χ0) is 14.0. The second-order valence-corrected chi connectivity index (χ2v) is 5.33. The predicted molar refractivity (Wildman–Crippen MR) is 75.0 cm³/mol.